The monoisotopic (exact) mass is 480 g/mol. The molecule has 10 heteroatoms. The molecule has 3 heterocycles. The summed E-state index contributed by atoms with van der Waals surface area (Å²) in [6.45, 7) is 6.05. The summed E-state index contributed by atoms with van der Waals surface area (Å²) in [5, 5.41) is 4.60. The summed E-state index contributed by atoms with van der Waals surface area (Å²) >= 11 is 2.94. The molecule has 0 bridgehead atoms. The van der Waals surface area contributed by atoms with Crippen molar-refractivity contribution in [2.75, 3.05) is 68.8 Å². The second-order valence-electron chi connectivity index (χ2n) is 7.55. The highest BCUT2D eigenvalue weighted by atomic mass is 32.2. The first-order valence-electron chi connectivity index (χ1n) is 10.5. The normalized spacial score (nSPS) is 18.8. The molecule has 0 saturated carbocycles. The fourth-order valence-electron chi connectivity index (χ4n) is 3.87. The van der Waals surface area contributed by atoms with Gasteiger partial charge in [-0.25, -0.2) is 8.42 Å². The van der Waals surface area contributed by atoms with Crippen LogP contribution in [0.2, 0.25) is 0 Å². The second-order valence-corrected chi connectivity index (χ2v) is 11.6. The van der Waals surface area contributed by atoms with Crippen LogP contribution in [0.4, 0.5) is 5.69 Å². The maximum absolute atomic E-state index is 13.0. The van der Waals surface area contributed by atoms with Gasteiger partial charge < -0.3 is 10.2 Å². The van der Waals surface area contributed by atoms with Gasteiger partial charge in [-0.15, -0.1) is 11.3 Å². The van der Waals surface area contributed by atoms with Crippen LogP contribution in [0.15, 0.2) is 46.7 Å². The molecular formula is C21H28N4O3S3. The van der Waals surface area contributed by atoms with Gasteiger partial charge in [-0.1, -0.05) is 18.2 Å². The van der Waals surface area contributed by atoms with Crippen molar-refractivity contribution >= 4 is 44.7 Å². The van der Waals surface area contributed by atoms with Crippen LogP contribution in [0.3, 0.4) is 0 Å². The molecule has 1 amide bonds. The van der Waals surface area contributed by atoms with E-state index in [4.69, 9.17) is 0 Å². The highest BCUT2D eigenvalue weighted by Crippen LogP contribution is 2.27. The number of hydrogen-bond donors (Lipinski definition) is 1. The third kappa shape index (κ3) is 5.43. The number of thiophene rings is 1. The van der Waals surface area contributed by atoms with Crippen molar-refractivity contribution in [1.29, 1.82) is 0 Å². The Morgan fingerprint density at radius 2 is 1.68 bits per heavy atom. The van der Waals surface area contributed by atoms with Crippen LogP contribution in [0, 0.1) is 0 Å². The Morgan fingerprint density at radius 3 is 2.39 bits per heavy atom. The Bertz CT molecular complexity index is 967. The highest BCUT2D eigenvalue weighted by Gasteiger charge is 2.31. The lowest BCUT2D eigenvalue weighted by atomic mass is 10.2. The van der Waals surface area contributed by atoms with Crippen LogP contribution in [0.1, 0.15) is 9.67 Å². The number of piperazine rings is 1. The van der Waals surface area contributed by atoms with E-state index in [2.05, 4.69) is 39.4 Å². The number of hydrogen-bond acceptors (Lipinski definition) is 7. The number of carbonyl (C=O) groups excluding carboxylic acids is 1. The number of amides is 1. The molecule has 2 fully saturated rings. The third-order valence-electron chi connectivity index (χ3n) is 5.63. The van der Waals surface area contributed by atoms with Crippen LogP contribution in [0.25, 0.3) is 0 Å². The zero-order valence-corrected chi connectivity index (χ0v) is 19.9. The Labute approximate surface area is 192 Å². The Morgan fingerprint density at radius 1 is 0.968 bits per heavy atom. The van der Waals surface area contributed by atoms with Crippen LogP contribution in [-0.2, 0) is 10.0 Å². The maximum atomic E-state index is 13.0. The molecule has 2 aliphatic heterocycles. The van der Waals surface area contributed by atoms with Gasteiger partial charge in [0.1, 0.15) is 9.77 Å². The van der Waals surface area contributed by atoms with Crippen molar-refractivity contribution in [1.82, 2.24) is 14.5 Å². The third-order valence-corrected chi connectivity index (χ3v) is 9.56. The van der Waals surface area contributed by atoms with Gasteiger partial charge in [0.25, 0.3) is 5.91 Å². The minimum absolute atomic E-state index is 0.137. The number of carbonyl (C=O) groups is 1. The standard InChI is InChI=1S/C21H28N4O3S3/c26-21(20-19(6-15-30-20)31(27,28)25-13-16-29-17-14-25)22-7-8-23-9-11-24(12-10-23)18-4-2-1-3-5-18/h1-6,15H,7-14,16-17H2,(H,22,26). The fraction of sp³-hybridized carbons (Fsp3) is 0.476. The molecule has 0 radical (unpaired) electrons. The molecule has 0 atom stereocenters. The summed E-state index contributed by atoms with van der Waals surface area (Å²) in [6, 6.07) is 12.0. The number of anilines is 1. The topological polar surface area (TPSA) is 73.0 Å². The van der Waals surface area contributed by atoms with Gasteiger partial charge in [0.2, 0.25) is 10.0 Å². The Hall–Kier alpha value is -1.59. The molecule has 2 aromatic rings. The minimum atomic E-state index is -3.62. The van der Waals surface area contributed by atoms with E-state index in [1.807, 2.05) is 6.07 Å². The number of nitrogens with zero attached hydrogens (tertiary/aromatic N) is 3. The molecule has 2 saturated heterocycles. The van der Waals surface area contributed by atoms with Crippen LogP contribution < -0.4 is 10.2 Å². The van der Waals surface area contributed by atoms with Gasteiger partial charge in [-0.05, 0) is 23.6 Å². The first-order valence-corrected chi connectivity index (χ1v) is 14.0. The van der Waals surface area contributed by atoms with Crippen LogP contribution in [0.5, 0.6) is 0 Å². The molecule has 2 aliphatic rings. The summed E-state index contributed by atoms with van der Waals surface area (Å²) in [5.74, 6) is 1.29. The predicted octanol–water partition coefficient (Wildman–Crippen LogP) is 2.04. The summed E-state index contributed by atoms with van der Waals surface area (Å²) in [5.41, 5.74) is 1.24. The molecule has 1 aromatic heterocycles. The number of benzene rings is 1. The van der Waals surface area contributed by atoms with E-state index in [1.54, 1.807) is 23.2 Å². The SMILES string of the molecule is O=C(NCCN1CCN(c2ccccc2)CC1)c1sccc1S(=O)(=O)N1CCSCC1. The summed E-state index contributed by atoms with van der Waals surface area (Å²) in [4.78, 5) is 17.8. The van der Waals surface area contributed by atoms with Crippen molar-refractivity contribution in [2.45, 2.75) is 4.90 Å². The zero-order chi connectivity index (χ0) is 21.7. The molecule has 0 unspecified atom stereocenters. The van der Waals surface area contributed by atoms with Gasteiger partial charge in [0.15, 0.2) is 0 Å². The van der Waals surface area contributed by atoms with Gasteiger partial charge in [0.05, 0.1) is 0 Å². The van der Waals surface area contributed by atoms with E-state index in [9.17, 15) is 13.2 Å². The van der Waals surface area contributed by atoms with E-state index in [1.165, 1.54) is 21.3 Å². The largest absolute Gasteiger partial charge is 0.369 e. The van der Waals surface area contributed by atoms with Crippen molar-refractivity contribution < 1.29 is 13.2 Å². The van der Waals surface area contributed by atoms with Crippen molar-refractivity contribution in [2.24, 2.45) is 0 Å². The van der Waals surface area contributed by atoms with Crippen LogP contribution >= 0.6 is 23.1 Å². The average molecular weight is 481 g/mol. The second kappa shape index (κ2) is 10.4. The molecule has 0 aliphatic carbocycles. The predicted molar refractivity (Wildman–Crippen MR) is 128 cm³/mol. The summed E-state index contributed by atoms with van der Waals surface area (Å²) in [6.07, 6.45) is 0. The van der Waals surface area contributed by atoms with Gasteiger partial charge in [-0.3, -0.25) is 9.69 Å². The number of thioether (sulfide) groups is 1. The van der Waals surface area contributed by atoms with E-state index in [-0.39, 0.29) is 15.7 Å². The van der Waals surface area contributed by atoms with Gasteiger partial charge in [0, 0.05) is 69.6 Å². The van der Waals surface area contributed by atoms with E-state index in [0.717, 1.165) is 44.2 Å². The minimum Gasteiger partial charge on any atom is -0.369 e. The molecule has 1 aromatic carbocycles. The van der Waals surface area contributed by atoms with Crippen molar-refractivity contribution in [3.63, 3.8) is 0 Å². The molecule has 7 nitrogen and oxygen atoms in total. The van der Waals surface area contributed by atoms with Gasteiger partial charge in [-0.2, -0.15) is 16.1 Å². The van der Waals surface area contributed by atoms with E-state index >= 15 is 0 Å². The van der Waals surface area contributed by atoms with Gasteiger partial charge >= 0.3 is 0 Å². The van der Waals surface area contributed by atoms with E-state index in [0.29, 0.717) is 19.6 Å². The number of para-hydroxylation sites is 1. The van der Waals surface area contributed by atoms with E-state index < -0.39 is 10.0 Å². The lowest BCUT2D eigenvalue weighted by molar-refractivity contribution is 0.0948. The van der Waals surface area contributed by atoms with Crippen molar-refractivity contribution in [3.05, 3.63) is 46.7 Å². The Balaban J connectivity index is 1.27. The Kier molecular flexibility index (Phi) is 7.55. The molecule has 168 valence electrons. The van der Waals surface area contributed by atoms with Crippen molar-refractivity contribution in [3.8, 4) is 0 Å². The molecule has 4 rings (SSSR count). The summed E-state index contributed by atoms with van der Waals surface area (Å²) < 4.78 is 27.4. The first-order chi connectivity index (χ1) is 15.1. The lowest BCUT2D eigenvalue weighted by Crippen LogP contribution is -2.48. The molecule has 1 N–H and O–H groups in total. The average Bonchev–Trinajstić information content (AvgIpc) is 3.32. The molecule has 0 spiro atoms. The smallest absolute Gasteiger partial charge is 0.262 e. The molecular weight excluding hydrogens is 452 g/mol. The number of sulfonamides is 1. The quantitative estimate of drug-likeness (QED) is 0.654. The highest BCUT2D eigenvalue weighted by molar-refractivity contribution is 7.99. The lowest BCUT2D eigenvalue weighted by Gasteiger charge is -2.36. The zero-order valence-electron chi connectivity index (χ0n) is 17.4. The fourth-order valence-corrected chi connectivity index (χ4v) is 7.76. The molecule has 31 heavy (non-hydrogen) atoms. The van der Waals surface area contributed by atoms with Crippen LogP contribution in [-0.4, -0.2) is 87.4 Å². The maximum Gasteiger partial charge on any atom is 0.262 e. The number of rotatable bonds is 7. The number of nitrogens with one attached hydrogen (secondary N) is 1. The summed E-state index contributed by atoms with van der Waals surface area (Å²) in [7, 11) is -3.62. The first kappa shape index (κ1) is 22.6.